The Morgan fingerprint density at radius 2 is 2.00 bits per heavy atom. The highest BCUT2D eigenvalue weighted by atomic mass is 16.5. The number of anilines is 1. The first kappa shape index (κ1) is 11.1. The van der Waals surface area contributed by atoms with E-state index in [-0.39, 0.29) is 22.9 Å². The van der Waals surface area contributed by atoms with Crippen molar-refractivity contribution in [3.05, 3.63) is 11.3 Å². The second-order valence-electron chi connectivity index (χ2n) is 2.83. The summed E-state index contributed by atoms with van der Waals surface area (Å²) < 4.78 is 9.79. The van der Waals surface area contributed by atoms with Gasteiger partial charge in [0.1, 0.15) is 0 Å². The lowest BCUT2D eigenvalue weighted by Gasteiger charge is -2.12. The number of pyridine rings is 1. The number of carboxylic acids is 1. The first-order valence-electron chi connectivity index (χ1n) is 4.14. The normalized spacial score (nSPS) is 9.80. The molecule has 0 bridgehead atoms. The third kappa shape index (κ3) is 1.78. The van der Waals surface area contributed by atoms with Crippen molar-refractivity contribution in [1.82, 2.24) is 4.98 Å². The Hall–Kier alpha value is -1.98. The predicted octanol–water partition coefficient (Wildman–Crippen LogP) is 0.688. The van der Waals surface area contributed by atoms with E-state index in [1.165, 1.54) is 14.2 Å². The minimum atomic E-state index is -1.19. The van der Waals surface area contributed by atoms with Gasteiger partial charge in [-0.1, -0.05) is 0 Å². The number of hydrogen-bond acceptors (Lipinski definition) is 5. The molecule has 3 N–H and O–H groups in total. The Kier molecular flexibility index (Phi) is 2.99. The van der Waals surface area contributed by atoms with Crippen LogP contribution in [0.25, 0.3) is 0 Å². The minimum Gasteiger partial charge on any atom is -0.493 e. The molecule has 82 valence electrons. The fourth-order valence-corrected chi connectivity index (χ4v) is 1.21. The number of aryl methyl sites for hydroxylation is 1. The largest absolute Gasteiger partial charge is 0.493 e. The Bertz CT molecular complexity index is 404. The third-order valence-electron chi connectivity index (χ3n) is 1.96. The summed E-state index contributed by atoms with van der Waals surface area (Å²) in [7, 11) is 2.68. The molecule has 6 nitrogen and oxygen atoms in total. The number of aromatic nitrogens is 1. The van der Waals surface area contributed by atoms with Gasteiger partial charge in [-0.3, -0.25) is 0 Å². The summed E-state index contributed by atoms with van der Waals surface area (Å²) in [6.07, 6.45) is 0. The lowest BCUT2D eigenvalue weighted by Crippen LogP contribution is -2.09. The highest BCUT2D eigenvalue weighted by molar-refractivity contribution is 5.95. The second kappa shape index (κ2) is 4.04. The minimum absolute atomic E-state index is 0.00829. The zero-order chi connectivity index (χ0) is 11.6. The smallest absolute Gasteiger partial charge is 0.345 e. The lowest BCUT2D eigenvalue weighted by atomic mass is 10.2. The van der Waals surface area contributed by atoms with E-state index < -0.39 is 5.97 Å². The van der Waals surface area contributed by atoms with E-state index >= 15 is 0 Å². The summed E-state index contributed by atoms with van der Waals surface area (Å²) in [5, 5.41) is 8.97. The van der Waals surface area contributed by atoms with Crippen molar-refractivity contribution in [3.63, 3.8) is 0 Å². The molecule has 0 atom stereocenters. The van der Waals surface area contributed by atoms with E-state index in [0.29, 0.717) is 5.69 Å². The molecular weight excluding hydrogens is 200 g/mol. The summed E-state index contributed by atoms with van der Waals surface area (Å²) in [6, 6.07) is 0. The van der Waals surface area contributed by atoms with Crippen LogP contribution in [0.2, 0.25) is 0 Å². The first-order valence-corrected chi connectivity index (χ1v) is 4.14. The second-order valence-corrected chi connectivity index (χ2v) is 2.83. The molecule has 0 unspecified atom stereocenters. The summed E-state index contributed by atoms with van der Waals surface area (Å²) >= 11 is 0. The maximum Gasteiger partial charge on any atom is 0.345 e. The van der Waals surface area contributed by atoms with Gasteiger partial charge in [-0.05, 0) is 6.92 Å². The molecule has 0 aliphatic rings. The summed E-state index contributed by atoms with van der Waals surface area (Å²) in [5.74, 6) is -1.12. The number of nitrogens with zero attached hydrogens (tertiary/aromatic N) is 1. The van der Waals surface area contributed by atoms with Crippen LogP contribution in [0, 0.1) is 6.92 Å². The molecule has 0 aromatic carbocycles. The Morgan fingerprint density at radius 1 is 1.40 bits per heavy atom. The van der Waals surface area contributed by atoms with Crippen molar-refractivity contribution in [2.75, 3.05) is 20.0 Å². The van der Waals surface area contributed by atoms with Crippen molar-refractivity contribution in [3.8, 4) is 11.6 Å². The van der Waals surface area contributed by atoms with Crippen molar-refractivity contribution in [2.45, 2.75) is 6.92 Å². The molecule has 15 heavy (non-hydrogen) atoms. The Morgan fingerprint density at radius 3 is 2.40 bits per heavy atom. The number of ether oxygens (including phenoxy) is 2. The van der Waals surface area contributed by atoms with Crippen LogP contribution in [0.5, 0.6) is 11.6 Å². The van der Waals surface area contributed by atoms with Gasteiger partial charge in [0.15, 0.2) is 11.3 Å². The fraction of sp³-hybridized carbons (Fsp3) is 0.333. The molecular formula is C9H12N2O4. The summed E-state index contributed by atoms with van der Waals surface area (Å²) in [5.41, 5.74) is 6.16. The summed E-state index contributed by atoms with van der Waals surface area (Å²) in [6.45, 7) is 1.64. The zero-order valence-electron chi connectivity index (χ0n) is 8.70. The maximum atomic E-state index is 11.0. The van der Waals surface area contributed by atoms with Gasteiger partial charge in [-0.25, -0.2) is 9.78 Å². The lowest BCUT2D eigenvalue weighted by molar-refractivity contribution is 0.0688. The van der Waals surface area contributed by atoms with Crippen LogP contribution < -0.4 is 15.2 Å². The molecule has 1 aromatic heterocycles. The summed E-state index contributed by atoms with van der Waals surface area (Å²) in [4.78, 5) is 14.9. The van der Waals surface area contributed by atoms with Gasteiger partial charge in [-0.2, -0.15) is 0 Å². The number of carbonyl (C=O) groups is 1. The molecule has 6 heteroatoms. The zero-order valence-corrected chi connectivity index (χ0v) is 8.70. The predicted molar refractivity (Wildman–Crippen MR) is 53.4 cm³/mol. The number of hydrogen-bond donors (Lipinski definition) is 2. The quantitative estimate of drug-likeness (QED) is 0.765. The first-order chi connectivity index (χ1) is 7.02. The van der Waals surface area contributed by atoms with Gasteiger partial charge in [0, 0.05) is 0 Å². The monoisotopic (exact) mass is 212 g/mol. The van der Waals surface area contributed by atoms with Crippen molar-refractivity contribution in [2.24, 2.45) is 0 Å². The van der Waals surface area contributed by atoms with E-state index in [0.717, 1.165) is 0 Å². The number of carboxylic acid groups (broad SMARTS) is 1. The molecule has 1 heterocycles. The molecule has 0 fully saturated rings. The van der Waals surface area contributed by atoms with Crippen LogP contribution in [-0.4, -0.2) is 30.3 Å². The molecule has 0 saturated carbocycles. The van der Waals surface area contributed by atoms with Crippen LogP contribution in [0.1, 0.15) is 16.1 Å². The third-order valence-corrected chi connectivity index (χ3v) is 1.96. The molecule has 1 aromatic rings. The fourth-order valence-electron chi connectivity index (χ4n) is 1.21. The van der Waals surface area contributed by atoms with Crippen LogP contribution in [0.15, 0.2) is 0 Å². The average molecular weight is 212 g/mol. The van der Waals surface area contributed by atoms with Gasteiger partial charge < -0.3 is 20.3 Å². The number of nitrogens with two attached hydrogens (primary N) is 1. The SMILES string of the molecule is COc1nc(C)c(N)c(OC)c1C(=O)O. The number of methoxy groups -OCH3 is 2. The van der Waals surface area contributed by atoms with Crippen LogP contribution in [0.3, 0.4) is 0 Å². The van der Waals surface area contributed by atoms with Crippen molar-refractivity contribution >= 4 is 11.7 Å². The van der Waals surface area contributed by atoms with E-state index in [4.69, 9.17) is 20.3 Å². The average Bonchev–Trinajstić information content (AvgIpc) is 2.20. The van der Waals surface area contributed by atoms with Crippen molar-refractivity contribution in [1.29, 1.82) is 0 Å². The van der Waals surface area contributed by atoms with Gasteiger partial charge >= 0.3 is 5.97 Å². The highest BCUT2D eigenvalue weighted by Gasteiger charge is 2.23. The van der Waals surface area contributed by atoms with Crippen LogP contribution in [-0.2, 0) is 0 Å². The topological polar surface area (TPSA) is 94.7 Å². The highest BCUT2D eigenvalue weighted by Crippen LogP contribution is 2.34. The van der Waals surface area contributed by atoms with Gasteiger partial charge in [0.2, 0.25) is 5.88 Å². The number of rotatable bonds is 3. The Labute approximate surface area is 86.6 Å². The van der Waals surface area contributed by atoms with E-state index in [1.807, 2.05) is 0 Å². The maximum absolute atomic E-state index is 11.0. The number of nitrogen functional groups attached to an aromatic ring is 1. The standard InChI is InChI=1S/C9H12N2O4/c1-4-6(10)7(14-2)5(9(12)13)8(11-4)15-3/h10H2,1-3H3,(H,12,13). The van der Waals surface area contributed by atoms with E-state index in [9.17, 15) is 4.79 Å². The molecule has 0 aliphatic carbocycles. The van der Waals surface area contributed by atoms with Gasteiger partial charge in [0.05, 0.1) is 25.6 Å². The van der Waals surface area contributed by atoms with Crippen molar-refractivity contribution < 1.29 is 19.4 Å². The number of aromatic carboxylic acids is 1. The molecule has 0 aliphatic heterocycles. The van der Waals surface area contributed by atoms with Gasteiger partial charge in [0.25, 0.3) is 0 Å². The molecule has 0 radical (unpaired) electrons. The van der Waals surface area contributed by atoms with E-state index in [2.05, 4.69) is 4.98 Å². The van der Waals surface area contributed by atoms with E-state index in [1.54, 1.807) is 6.92 Å². The molecule has 0 spiro atoms. The molecule has 0 amide bonds. The van der Waals surface area contributed by atoms with Gasteiger partial charge in [-0.15, -0.1) is 0 Å². The molecule has 1 rings (SSSR count). The molecule has 0 saturated heterocycles. The van der Waals surface area contributed by atoms with Crippen LogP contribution >= 0.6 is 0 Å². The van der Waals surface area contributed by atoms with Crippen LogP contribution in [0.4, 0.5) is 5.69 Å². The Balaban J connectivity index is 3.56.